The molecule has 2 aliphatic carbocycles. The van der Waals surface area contributed by atoms with Crippen molar-refractivity contribution in [3.05, 3.63) is 0 Å². The SMILES string of the molecule is CC1C2OC(=O)C3C[C@@H]1CC32. The van der Waals surface area contributed by atoms with Crippen LogP contribution >= 0.6 is 0 Å². The minimum absolute atomic E-state index is 0.0897. The number of hydrogen-bond donors (Lipinski definition) is 0. The molecule has 0 aromatic rings. The maximum absolute atomic E-state index is 11.2. The van der Waals surface area contributed by atoms with Crippen LogP contribution in [0.2, 0.25) is 0 Å². The molecule has 4 unspecified atom stereocenters. The van der Waals surface area contributed by atoms with E-state index in [1.807, 2.05) is 0 Å². The minimum atomic E-state index is 0.0897. The fourth-order valence-electron chi connectivity index (χ4n) is 3.25. The number of carbonyl (C=O) groups is 1. The minimum Gasteiger partial charge on any atom is -0.462 e. The second kappa shape index (κ2) is 1.62. The van der Waals surface area contributed by atoms with Gasteiger partial charge in [0.25, 0.3) is 0 Å². The summed E-state index contributed by atoms with van der Waals surface area (Å²) in [5.41, 5.74) is 0. The number of ether oxygens (including phenoxy) is 1. The van der Waals surface area contributed by atoms with E-state index in [0.29, 0.717) is 23.9 Å². The predicted octanol–water partition coefficient (Wildman–Crippen LogP) is 1.20. The third kappa shape index (κ3) is 0.534. The molecule has 1 heterocycles. The fourth-order valence-corrected chi connectivity index (χ4v) is 3.25. The Hall–Kier alpha value is -0.530. The van der Waals surface area contributed by atoms with Crippen LogP contribution in [0.1, 0.15) is 19.8 Å². The summed E-state index contributed by atoms with van der Waals surface area (Å²) in [6.07, 6.45) is 2.66. The molecular formula is C9H12O2. The molecule has 3 fully saturated rings. The standard InChI is InChI=1S/C9H12O2/c1-4-5-2-6-7(3-5)9(10)11-8(4)6/h4-8H,2-3H2,1H3/t4?,5-,6?,7?,8?/m0/s1. The predicted molar refractivity (Wildman–Crippen MR) is 38.7 cm³/mol. The summed E-state index contributed by atoms with van der Waals surface area (Å²) in [6, 6.07) is 0. The van der Waals surface area contributed by atoms with E-state index >= 15 is 0 Å². The molecule has 3 aliphatic rings. The first-order valence-corrected chi connectivity index (χ1v) is 4.48. The second-order valence-corrected chi connectivity index (χ2v) is 4.26. The lowest BCUT2D eigenvalue weighted by Crippen LogP contribution is -2.24. The van der Waals surface area contributed by atoms with E-state index in [2.05, 4.69) is 6.92 Å². The first-order valence-electron chi connectivity index (χ1n) is 4.48. The van der Waals surface area contributed by atoms with Crippen LogP contribution in [0.15, 0.2) is 0 Å². The lowest BCUT2D eigenvalue weighted by Gasteiger charge is -2.20. The van der Waals surface area contributed by atoms with Crippen molar-refractivity contribution in [2.24, 2.45) is 23.7 Å². The topological polar surface area (TPSA) is 26.3 Å². The highest BCUT2D eigenvalue weighted by atomic mass is 16.6. The van der Waals surface area contributed by atoms with Crippen LogP contribution in [0.25, 0.3) is 0 Å². The van der Waals surface area contributed by atoms with Crippen LogP contribution < -0.4 is 0 Å². The Labute approximate surface area is 65.9 Å². The summed E-state index contributed by atoms with van der Waals surface area (Å²) >= 11 is 0. The zero-order valence-electron chi connectivity index (χ0n) is 6.62. The van der Waals surface area contributed by atoms with Gasteiger partial charge in [-0.3, -0.25) is 4.79 Å². The maximum atomic E-state index is 11.2. The highest BCUT2D eigenvalue weighted by Crippen LogP contribution is 2.56. The molecule has 2 nitrogen and oxygen atoms in total. The zero-order chi connectivity index (χ0) is 7.59. The number of fused-ring (bicyclic) bond motifs is 1. The molecule has 2 heteroatoms. The highest BCUT2D eigenvalue weighted by molar-refractivity contribution is 5.76. The van der Waals surface area contributed by atoms with E-state index in [-0.39, 0.29) is 5.97 Å². The fraction of sp³-hybridized carbons (Fsp3) is 0.889. The molecule has 1 aliphatic heterocycles. The van der Waals surface area contributed by atoms with E-state index in [0.717, 1.165) is 12.3 Å². The summed E-state index contributed by atoms with van der Waals surface area (Å²) in [4.78, 5) is 11.2. The van der Waals surface area contributed by atoms with Gasteiger partial charge in [0.1, 0.15) is 6.10 Å². The van der Waals surface area contributed by atoms with Gasteiger partial charge in [0.05, 0.1) is 5.92 Å². The molecular weight excluding hydrogens is 140 g/mol. The molecule has 0 spiro atoms. The molecule has 5 atom stereocenters. The van der Waals surface area contributed by atoms with Gasteiger partial charge in [-0.05, 0) is 24.7 Å². The van der Waals surface area contributed by atoms with Gasteiger partial charge in [-0.1, -0.05) is 6.92 Å². The van der Waals surface area contributed by atoms with Gasteiger partial charge < -0.3 is 4.74 Å². The van der Waals surface area contributed by atoms with Crippen LogP contribution in [0.4, 0.5) is 0 Å². The summed E-state index contributed by atoms with van der Waals surface area (Å²) in [6.45, 7) is 2.23. The van der Waals surface area contributed by atoms with Crippen LogP contribution in [0.3, 0.4) is 0 Å². The summed E-state index contributed by atoms with van der Waals surface area (Å²) in [5.74, 6) is 2.42. The zero-order valence-corrected chi connectivity index (χ0v) is 6.62. The van der Waals surface area contributed by atoms with Gasteiger partial charge in [0.2, 0.25) is 0 Å². The third-order valence-electron chi connectivity index (χ3n) is 3.89. The largest absolute Gasteiger partial charge is 0.462 e. The van der Waals surface area contributed by atoms with Crippen LogP contribution in [-0.2, 0) is 9.53 Å². The third-order valence-corrected chi connectivity index (χ3v) is 3.89. The van der Waals surface area contributed by atoms with E-state index in [4.69, 9.17) is 4.74 Å². The van der Waals surface area contributed by atoms with Crippen molar-refractivity contribution in [2.45, 2.75) is 25.9 Å². The van der Waals surface area contributed by atoms with Crippen molar-refractivity contribution < 1.29 is 9.53 Å². The first-order chi connectivity index (χ1) is 5.27. The Morgan fingerprint density at radius 1 is 1.45 bits per heavy atom. The van der Waals surface area contributed by atoms with Gasteiger partial charge in [-0.25, -0.2) is 0 Å². The molecule has 0 aromatic heterocycles. The molecule has 11 heavy (non-hydrogen) atoms. The normalized spacial score (nSPS) is 58.6. The lowest BCUT2D eigenvalue weighted by atomic mass is 9.83. The average Bonchev–Trinajstić information content (AvgIpc) is 2.53. The second-order valence-electron chi connectivity index (χ2n) is 4.26. The molecule has 0 radical (unpaired) electrons. The summed E-state index contributed by atoms with van der Waals surface area (Å²) < 4.78 is 5.31. The van der Waals surface area contributed by atoms with Crippen LogP contribution in [0, 0.1) is 23.7 Å². The maximum Gasteiger partial charge on any atom is 0.309 e. The van der Waals surface area contributed by atoms with Crippen molar-refractivity contribution in [3.8, 4) is 0 Å². The van der Waals surface area contributed by atoms with Crippen molar-refractivity contribution in [1.82, 2.24) is 0 Å². The van der Waals surface area contributed by atoms with E-state index in [1.54, 1.807) is 0 Å². The molecule has 60 valence electrons. The molecule has 2 saturated carbocycles. The number of esters is 1. The molecule has 1 saturated heterocycles. The number of hydrogen-bond acceptors (Lipinski definition) is 2. The number of rotatable bonds is 0. The van der Waals surface area contributed by atoms with Gasteiger partial charge >= 0.3 is 5.97 Å². The van der Waals surface area contributed by atoms with Gasteiger partial charge in [0.15, 0.2) is 0 Å². The Morgan fingerprint density at radius 2 is 2.27 bits per heavy atom. The lowest BCUT2D eigenvalue weighted by molar-refractivity contribution is -0.144. The van der Waals surface area contributed by atoms with E-state index in [9.17, 15) is 4.79 Å². The van der Waals surface area contributed by atoms with Crippen molar-refractivity contribution in [2.75, 3.05) is 0 Å². The van der Waals surface area contributed by atoms with Gasteiger partial charge in [0, 0.05) is 5.92 Å². The van der Waals surface area contributed by atoms with Crippen molar-refractivity contribution in [3.63, 3.8) is 0 Å². The smallest absolute Gasteiger partial charge is 0.309 e. The quantitative estimate of drug-likeness (QED) is 0.487. The Morgan fingerprint density at radius 3 is 2.91 bits per heavy atom. The molecule has 3 rings (SSSR count). The van der Waals surface area contributed by atoms with Crippen molar-refractivity contribution in [1.29, 1.82) is 0 Å². The highest BCUT2D eigenvalue weighted by Gasteiger charge is 2.59. The van der Waals surface area contributed by atoms with Crippen molar-refractivity contribution >= 4 is 5.97 Å². The molecule has 2 bridgehead atoms. The van der Waals surface area contributed by atoms with Gasteiger partial charge in [-0.15, -0.1) is 0 Å². The Kier molecular flexibility index (Phi) is 0.890. The molecule has 0 N–H and O–H groups in total. The first kappa shape index (κ1) is 6.04. The monoisotopic (exact) mass is 152 g/mol. The van der Waals surface area contributed by atoms with Gasteiger partial charge in [-0.2, -0.15) is 0 Å². The van der Waals surface area contributed by atoms with Crippen LogP contribution in [0.5, 0.6) is 0 Å². The van der Waals surface area contributed by atoms with E-state index in [1.165, 1.54) is 6.42 Å². The van der Waals surface area contributed by atoms with Crippen LogP contribution in [-0.4, -0.2) is 12.1 Å². The summed E-state index contributed by atoms with van der Waals surface area (Å²) in [5, 5.41) is 0. The molecule has 0 aromatic carbocycles. The molecule has 0 amide bonds. The van der Waals surface area contributed by atoms with E-state index < -0.39 is 0 Å². The summed E-state index contributed by atoms with van der Waals surface area (Å²) in [7, 11) is 0. The Balaban J connectivity index is 2.04. The average molecular weight is 152 g/mol. The Bertz CT molecular complexity index is 224. The number of carbonyl (C=O) groups excluding carboxylic acids is 1.